The van der Waals surface area contributed by atoms with Crippen LogP contribution in [0.4, 0.5) is 0 Å². The molecule has 0 amide bonds. The summed E-state index contributed by atoms with van der Waals surface area (Å²) in [4.78, 5) is 12.1. The highest BCUT2D eigenvalue weighted by Crippen LogP contribution is 2.66. The van der Waals surface area contributed by atoms with Crippen LogP contribution in [0.25, 0.3) is 88.1 Å². The quantitative estimate of drug-likeness (QED) is 0.180. The van der Waals surface area contributed by atoms with Crippen molar-refractivity contribution in [1.82, 2.24) is 9.97 Å². The molecule has 2 heterocycles. The van der Waals surface area contributed by atoms with Crippen LogP contribution in [0.5, 0.6) is 0 Å². The van der Waals surface area contributed by atoms with Gasteiger partial charge in [0, 0.05) is 37.2 Å². The lowest BCUT2D eigenvalue weighted by molar-refractivity contribution is 0.812. The first kappa shape index (κ1) is 31.4. The number of aromatic nitrogens is 2. The molecule has 12 rings (SSSR count). The molecule has 2 aromatic heterocycles. The maximum atomic E-state index is 5.39. The summed E-state index contributed by atoms with van der Waals surface area (Å²) in [6.07, 6.45) is 0. The van der Waals surface area contributed by atoms with Gasteiger partial charge in [-0.2, -0.15) is 0 Å². The van der Waals surface area contributed by atoms with Crippen molar-refractivity contribution in [3.63, 3.8) is 0 Å². The van der Waals surface area contributed by atoms with Crippen molar-refractivity contribution in [1.29, 1.82) is 0 Å². The molecule has 2 aliphatic rings. The highest BCUT2D eigenvalue weighted by atomic mass is 32.1. The Bertz CT molecular complexity index is 3210. The monoisotopic (exact) mass is 728 g/mol. The number of thiophene rings is 1. The molecule has 0 saturated carbocycles. The molecule has 10 aromatic rings. The third-order valence-electron chi connectivity index (χ3n) is 11.9. The molecule has 3 heteroatoms. The Kier molecular flexibility index (Phi) is 6.75. The lowest BCUT2D eigenvalue weighted by Gasteiger charge is -2.29. The zero-order valence-electron chi connectivity index (χ0n) is 30.3. The molecule has 0 saturated heterocycles. The summed E-state index contributed by atoms with van der Waals surface area (Å²) in [5, 5.41) is 3.70. The minimum atomic E-state index is -0.419. The van der Waals surface area contributed by atoms with E-state index >= 15 is 0 Å². The first-order chi connectivity index (χ1) is 27.8. The lowest BCUT2D eigenvalue weighted by atomic mass is 9.73. The molecule has 0 N–H and O–H groups in total. The number of fused-ring (bicyclic) bond motifs is 13. The van der Waals surface area contributed by atoms with Gasteiger partial charge in [-0.1, -0.05) is 176 Å². The van der Waals surface area contributed by atoms with Crippen LogP contribution in [0, 0.1) is 0 Å². The number of hydrogen-bond acceptors (Lipinski definition) is 3. The Balaban J connectivity index is 1.10. The van der Waals surface area contributed by atoms with Gasteiger partial charge in [0.05, 0.1) is 16.8 Å². The van der Waals surface area contributed by atoms with Crippen LogP contribution in [0.1, 0.15) is 21.6 Å². The van der Waals surface area contributed by atoms with Crippen molar-refractivity contribution >= 4 is 32.2 Å². The zero-order chi connectivity index (χ0) is 36.8. The smallest absolute Gasteiger partial charge is 0.161 e. The van der Waals surface area contributed by atoms with E-state index in [9.17, 15) is 0 Å². The van der Waals surface area contributed by atoms with Crippen LogP contribution in [0.15, 0.2) is 194 Å². The van der Waals surface area contributed by atoms with Gasteiger partial charge in [-0.05, 0) is 73.5 Å². The van der Waals surface area contributed by atoms with Gasteiger partial charge in [-0.3, -0.25) is 0 Å². The fourth-order valence-electron chi connectivity index (χ4n) is 9.55. The summed E-state index contributed by atoms with van der Waals surface area (Å²) < 4.78 is 1.33. The van der Waals surface area contributed by atoms with Crippen molar-refractivity contribution in [2.24, 2.45) is 0 Å². The van der Waals surface area contributed by atoms with E-state index in [2.05, 4.69) is 194 Å². The normalized spacial score (nSPS) is 14.9. The molecule has 1 unspecified atom stereocenters. The van der Waals surface area contributed by atoms with E-state index in [4.69, 9.17) is 9.97 Å². The molecule has 8 aromatic carbocycles. The standard InChI is InChI=1S/C53H32N2S/c1-2-16-34(17-3-1)47-32-48(40-25-14-18-33-15-4-5-19-36(33)40)55-52(54-47)41-22-7-6-20-37(41)35-29-30-39-38-21-8-11-26-44(38)53(46(39)31-35)45-27-12-9-23-42(45)50-43-24-10-13-28-49(43)56-51(50)53/h1-32H. The number of rotatable bonds is 4. The Morgan fingerprint density at radius 1 is 0.375 bits per heavy atom. The van der Waals surface area contributed by atoms with Gasteiger partial charge in [-0.25, -0.2) is 9.97 Å². The van der Waals surface area contributed by atoms with E-state index in [-0.39, 0.29) is 0 Å². The van der Waals surface area contributed by atoms with Gasteiger partial charge in [0.15, 0.2) is 5.82 Å². The molecular weight excluding hydrogens is 697 g/mol. The summed E-state index contributed by atoms with van der Waals surface area (Å²) in [6, 6.07) is 70.4. The highest BCUT2D eigenvalue weighted by Gasteiger charge is 2.53. The van der Waals surface area contributed by atoms with Gasteiger partial charge in [-0.15, -0.1) is 11.3 Å². The molecule has 56 heavy (non-hydrogen) atoms. The average molecular weight is 729 g/mol. The summed E-state index contributed by atoms with van der Waals surface area (Å²) in [7, 11) is 0. The third kappa shape index (κ3) is 4.38. The van der Waals surface area contributed by atoms with Crippen LogP contribution < -0.4 is 0 Å². The molecule has 0 radical (unpaired) electrons. The van der Waals surface area contributed by atoms with E-state index in [0.29, 0.717) is 5.82 Å². The molecule has 2 aliphatic carbocycles. The Hall–Kier alpha value is -6.94. The van der Waals surface area contributed by atoms with Crippen LogP contribution in [0.3, 0.4) is 0 Å². The number of benzene rings is 8. The van der Waals surface area contributed by atoms with Crippen LogP contribution in [-0.4, -0.2) is 9.97 Å². The minimum absolute atomic E-state index is 0.419. The van der Waals surface area contributed by atoms with Crippen molar-refractivity contribution in [3.8, 4) is 67.3 Å². The van der Waals surface area contributed by atoms with Crippen LogP contribution in [-0.2, 0) is 5.41 Å². The maximum Gasteiger partial charge on any atom is 0.161 e. The van der Waals surface area contributed by atoms with Gasteiger partial charge >= 0.3 is 0 Å². The van der Waals surface area contributed by atoms with Crippen molar-refractivity contribution < 1.29 is 0 Å². The van der Waals surface area contributed by atoms with Gasteiger partial charge in [0.2, 0.25) is 0 Å². The van der Waals surface area contributed by atoms with Crippen molar-refractivity contribution in [2.45, 2.75) is 5.41 Å². The van der Waals surface area contributed by atoms with E-state index in [0.717, 1.165) is 39.2 Å². The first-order valence-corrected chi connectivity index (χ1v) is 20.0. The lowest BCUT2D eigenvalue weighted by Crippen LogP contribution is -2.24. The Labute approximate surface area is 329 Å². The topological polar surface area (TPSA) is 25.8 Å². The average Bonchev–Trinajstić information content (AvgIpc) is 3.90. The van der Waals surface area contributed by atoms with Crippen molar-refractivity contribution in [3.05, 3.63) is 216 Å². The van der Waals surface area contributed by atoms with Crippen molar-refractivity contribution in [2.75, 3.05) is 0 Å². The fraction of sp³-hybridized carbons (Fsp3) is 0.0189. The predicted octanol–water partition coefficient (Wildman–Crippen LogP) is 13.9. The highest BCUT2D eigenvalue weighted by molar-refractivity contribution is 7.20. The van der Waals surface area contributed by atoms with Crippen LogP contribution in [0.2, 0.25) is 0 Å². The molecule has 0 bridgehead atoms. The molecule has 0 aliphatic heterocycles. The van der Waals surface area contributed by atoms with E-state index in [1.165, 1.54) is 64.7 Å². The van der Waals surface area contributed by atoms with Gasteiger partial charge in [0.25, 0.3) is 0 Å². The molecule has 2 nitrogen and oxygen atoms in total. The molecular formula is C53H32N2S. The first-order valence-electron chi connectivity index (χ1n) is 19.2. The Morgan fingerprint density at radius 2 is 0.982 bits per heavy atom. The molecule has 0 fully saturated rings. The van der Waals surface area contributed by atoms with Gasteiger partial charge in [0.1, 0.15) is 0 Å². The zero-order valence-corrected chi connectivity index (χ0v) is 31.1. The van der Waals surface area contributed by atoms with Crippen LogP contribution >= 0.6 is 11.3 Å². The fourth-order valence-corrected chi connectivity index (χ4v) is 11.0. The summed E-state index contributed by atoms with van der Waals surface area (Å²) >= 11 is 1.95. The maximum absolute atomic E-state index is 5.39. The molecule has 1 atom stereocenters. The summed E-state index contributed by atoms with van der Waals surface area (Å²) in [5.41, 5.74) is 16.2. The second-order valence-corrected chi connectivity index (χ2v) is 15.9. The molecule has 1 spiro atoms. The van der Waals surface area contributed by atoms with E-state index in [1.807, 2.05) is 11.3 Å². The van der Waals surface area contributed by atoms with E-state index < -0.39 is 5.41 Å². The SMILES string of the molecule is c1ccc(-c2cc(-c3cccc4ccccc34)nc(-c3ccccc3-c3ccc4c(c3)C3(c5ccccc5-4)c4ccccc4-c4c3sc3ccccc43)n2)cc1. The van der Waals surface area contributed by atoms with Gasteiger partial charge < -0.3 is 0 Å². The largest absolute Gasteiger partial charge is 0.228 e. The Morgan fingerprint density at radius 3 is 1.84 bits per heavy atom. The summed E-state index contributed by atoms with van der Waals surface area (Å²) in [5.74, 6) is 0.710. The molecule has 260 valence electrons. The third-order valence-corrected chi connectivity index (χ3v) is 13.2. The minimum Gasteiger partial charge on any atom is -0.228 e. The second-order valence-electron chi connectivity index (χ2n) is 14.8. The summed E-state index contributed by atoms with van der Waals surface area (Å²) in [6.45, 7) is 0. The van der Waals surface area contributed by atoms with E-state index in [1.54, 1.807) is 0 Å². The second kappa shape index (κ2) is 12.0. The number of hydrogen-bond donors (Lipinski definition) is 0. The predicted molar refractivity (Wildman–Crippen MR) is 233 cm³/mol. The number of nitrogens with zero attached hydrogens (tertiary/aromatic N) is 2.